The minimum Gasteiger partial charge on any atom is -0.389 e. The highest BCUT2D eigenvalue weighted by molar-refractivity contribution is 5.99. The fourth-order valence-electron chi connectivity index (χ4n) is 1.70. The highest BCUT2D eigenvalue weighted by atomic mass is 19.1. The molecule has 0 fully saturated rings. The second kappa shape index (κ2) is 7.03. The molecule has 0 bridgehead atoms. The number of nitrogen functional groups attached to an aromatic ring is 1. The first-order chi connectivity index (χ1) is 9.01. The van der Waals surface area contributed by atoms with Crippen molar-refractivity contribution in [3.8, 4) is 0 Å². The molecule has 106 valence electrons. The zero-order chi connectivity index (χ0) is 14.4. The molecule has 0 spiro atoms. The van der Waals surface area contributed by atoms with Gasteiger partial charge in [-0.3, -0.25) is 10.6 Å². The number of aliphatic hydroxyl groups is 1. The number of hydrogen-bond acceptors (Lipinski definition) is 5. The van der Waals surface area contributed by atoms with Crippen LogP contribution in [0.3, 0.4) is 0 Å². The van der Waals surface area contributed by atoms with Crippen LogP contribution in [-0.4, -0.2) is 49.3 Å². The van der Waals surface area contributed by atoms with Crippen molar-refractivity contribution in [2.45, 2.75) is 6.10 Å². The minimum absolute atomic E-state index is 0.0689. The van der Waals surface area contributed by atoms with Crippen LogP contribution < -0.4 is 11.3 Å². The molecule has 0 saturated carbocycles. The number of methoxy groups -OCH3 is 1. The summed E-state index contributed by atoms with van der Waals surface area (Å²) >= 11 is 0. The smallest absolute Gasteiger partial charge is 0.255 e. The number of para-hydroxylation sites is 1. The number of nitrogens with two attached hydrogens (primary N) is 1. The van der Waals surface area contributed by atoms with E-state index in [1.807, 2.05) is 0 Å². The van der Waals surface area contributed by atoms with E-state index in [0.717, 1.165) is 0 Å². The van der Waals surface area contributed by atoms with E-state index in [0.29, 0.717) is 0 Å². The topological polar surface area (TPSA) is 87.8 Å². The fourth-order valence-corrected chi connectivity index (χ4v) is 1.70. The monoisotopic (exact) mass is 271 g/mol. The third-order valence-corrected chi connectivity index (χ3v) is 2.58. The highest BCUT2D eigenvalue weighted by Gasteiger charge is 2.19. The van der Waals surface area contributed by atoms with Gasteiger partial charge in [0.25, 0.3) is 5.91 Å². The third-order valence-electron chi connectivity index (χ3n) is 2.58. The van der Waals surface area contributed by atoms with Crippen LogP contribution in [0, 0.1) is 5.82 Å². The van der Waals surface area contributed by atoms with E-state index in [1.165, 1.54) is 37.3 Å². The number of amides is 1. The summed E-state index contributed by atoms with van der Waals surface area (Å²) in [7, 11) is 2.96. The normalized spacial score (nSPS) is 12.1. The van der Waals surface area contributed by atoms with Gasteiger partial charge in [-0.25, -0.2) is 4.39 Å². The van der Waals surface area contributed by atoms with Crippen LogP contribution in [0.1, 0.15) is 10.4 Å². The number of nitrogens with one attached hydrogen (secondary N) is 1. The van der Waals surface area contributed by atoms with Crippen molar-refractivity contribution < 1.29 is 19.0 Å². The summed E-state index contributed by atoms with van der Waals surface area (Å²) in [6.45, 7) is 0.190. The number of nitrogens with zero attached hydrogens (tertiary/aromatic N) is 1. The molecule has 0 saturated heterocycles. The Kier molecular flexibility index (Phi) is 5.68. The van der Waals surface area contributed by atoms with E-state index in [-0.39, 0.29) is 24.4 Å². The summed E-state index contributed by atoms with van der Waals surface area (Å²) in [5.41, 5.74) is 2.21. The summed E-state index contributed by atoms with van der Waals surface area (Å²) in [6, 6.07) is 4.08. The molecule has 0 aliphatic carbocycles. The molecule has 0 radical (unpaired) electrons. The summed E-state index contributed by atoms with van der Waals surface area (Å²) in [5, 5.41) is 9.56. The number of carbonyl (C=O) groups is 1. The average Bonchev–Trinajstić information content (AvgIpc) is 2.37. The number of anilines is 1. The maximum absolute atomic E-state index is 13.5. The van der Waals surface area contributed by atoms with Gasteiger partial charge in [0, 0.05) is 20.7 Å². The van der Waals surface area contributed by atoms with Crippen LogP contribution in [0.5, 0.6) is 0 Å². The van der Waals surface area contributed by atoms with Crippen LogP contribution >= 0.6 is 0 Å². The average molecular weight is 271 g/mol. The zero-order valence-corrected chi connectivity index (χ0v) is 10.9. The summed E-state index contributed by atoms with van der Waals surface area (Å²) in [5.74, 6) is 4.15. The summed E-state index contributed by atoms with van der Waals surface area (Å²) < 4.78 is 18.2. The standard InChI is InChI=1S/C12H18FN3O3/c1-16(6-8(17)7-19-2)12(18)9-4-3-5-10(13)11(9)15-14/h3-5,8,15,17H,6-7,14H2,1-2H3. The molecule has 0 heterocycles. The first-order valence-electron chi connectivity index (χ1n) is 5.68. The van der Waals surface area contributed by atoms with Gasteiger partial charge in [-0.1, -0.05) is 6.07 Å². The molecule has 0 aliphatic heterocycles. The molecule has 1 aromatic carbocycles. The van der Waals surface area contributed by atoms with Crippen molar-refractivity contribution in [3.05, 3.63) is 29.6 Å². The minimum atomic E-state index is -0.804. The van der Waals surface area contributed by atoms with Crippen LogP contribution in [0.25, 0.3) is 0 Å². The molecule has 1 rings (SSSR count). The maximum Gasteiger partial charge on any atom is 0.255 e. The number of carbonyl (C=O) groups excluding carboxylic acids is 1. The van der Waals surface area contributed by atoms with Crippen LogP contribution in [0.4, 0.5) is 10.1 Å². The van der Waals surface area contributed by atoms with Gasteiger partial charge in [-0.15, -0.1) is 0 Å². The number of benzene rings is 1. The second-order valence-electron chi connectivity index (χ2n) is 4.10. The third kappa shape index (κ3) is 3.88. The Morgan fingerprint density at radius 3 is 2.89 bits per heavy atom. The molecule has 1 aromatic rings. The lowest BCUT2D eigenvalue weighted by Crippen LogP contribution is -2.36. The molecule has 0 aliphatic rings. The highest BCUT2D eigenvalue weighted by Crippen LogP contribution is 2.20. The molecular formula is C12H18FN3O3. The Bertz CT molecular complexity index is 442. The van der Waals surface area contributed by atoms with Gasteiger partial charge in [-0.2, -0.15) is 0 Å². The lowest BCUT2D eigenvalue weighted by atomic mass is 10.1. The second-order valence-corrected chi connectivity index (χ2v) is 4.10. The van der Waals surface area contributed by atoms with E-state index < -0.39 is 17.8 Å². The van der Waals surface area contributed by atoms with Gasteiger partial charge in [0.2, 0.25) is 0 Å². The van der Waals surface area contributed by atoms with Crippen molar-refractivity contribution in [3.63, 3.8) is 0 Å². The van der Waals surface area contributed by atoms with E-state index in [4.69, 9.17) is 10.6 Å². The van der Waals surface area contributed by atoms with E-state index in [1.54, 1.807) is 0 Å². The molecule has 19 heavy (non-hydrogen) atoms. The molecule has 1 amide bonds. The van der Waals surface area contributed by atoms with Gasteiger partial charge in [0.15, 0.2) is 0 Å². The van der Waals surface area contributed by atoms with Crippen LogP contribution in [0.15, 0.2) is 18.2 Å². The van der Waals surface area contributed by atoms with Crippen molar-refractivity contribution >= 4 is 11.6 Å². The molecular weight excluding hydrogens is 253 g/mol. The number of aliphatic hydroxyl groups excluding tert-OH is 1. The molecule has 4 N–H and O–H groups in total. The maximum atomic E-state index is 13.5. The van der Waals surface area contributed by atoms with E-state index in [2.05, 4.69) is 5.43 Å². The Morgan fingerprint density at radius 2 is 2.32 bits per heavy atom. The number of likely N-dealkylation sites (N-methyl/N-ethyl adjacent to an activating group) is 1. The molecule has 1 atom stereocenters. The van der Waals surface area contributed by atoms with Gasteiger partial charge in [-0.05, 0) is 12.1 Å². The quantitative estimate of drug-likeness (QED) is 0.508. The molecule has 0 aromatic heterocycles. The summed E-state index contributed by atoms with van der Waals surface area (Å²) in [4.78, 5) is 13.4. The van der Waals surface area contributed by atoms with Crippen molar-refractivity contribution in [2.24, 2.45) is 5.84 Å². The summed E-state index contributed by atoms with van der Waals surface area (Å²) in [6.07, 6.45) is -0.804. The van der Waals surface area contributed by atoms with Crippen molar-refractivity contribution in [1.82, 2.24) is 4.90 Å². The number of hydrazine groups is 1. The Hall–Kier alpha value is -1.70. The number of ether oxygens (including phenoxy) is 1. The number of halogens is 1. The largest absolute Gasteiger partial charge is 0.389 e. The Morgan fingerprint density at radius 1 is 1.63 bits per heavy atom. The van der Waals surface area contributed by atoms with E-state index >= 15 is 0 Å². The Labute approximate surface area is 110 Å². The molecule has 1 unspecified atom stereocenters. The lowest BCUT2D eigenvalue weighted by molar-refractivity contribution is 0.0380. The predicted octanol–water partition coefficient (Wildman–Crippen LogP) is 0.191. The van der Waals surface area contributed by atoms with Crippen molar-refractivity contribution in [2.75, 3.05) is 32.7 Å². The fraction of sp³-hybridized carbons (Fsp3) is 0.417. The van der Waals surface area contributed by atoms with E-state index in [9.17, 15) is 14.3 Å². The van der Waals surface area contributed by atoms with Gasteiger partial charge in [0.1, 0.15) is 5.82 Å². The van der Waals surface area contributed by atoms with Gasteiger partial charge in [0.05, 0.1) is 24.0 Å². The van der Waals surface area contributed by atoms with Gasteiger partial charge >= 0.3 is 0 Å². The first-order valence-corrected chi connectivity index (χ1v) is 5.68. The lowest BCUT2D eigenvalue weighted by Gasteiger charge is -2.21. The van der Waals surface area contributed by atoms with Crippen LogP contribution in [-0.2, 0) is 4.74 Å². The molecule has 7 heteroatoms. The zero-order valence-electron chi connectivity index (χ0n) is 10.9. The first kappa shape index (κ1) is 15.4. The predicted molar refractivity (Wildman–Crippen MR) is 69.1 cm³/mol. The number of rotatable bonds is 6. The van der Waals surface area contributed by atoms with Crippen molar-refractivity contribution in [1.29, 1.82) is 0 Å². The number of hydrogen-bond donors (Lipinski definition) is 3. The van der Waals surface area contributed by atoms with Gasteiger partial charge < -0.3 is 20.2 Å². The Balaban J connectivity index is 2.85. The molecule has 6 nitrogen and oxygen atoms in total. The van der Waals surface area contributed by atoms with Crippen LogP contribution in [0.2, 0.25) is 0 Å². The SMILES string of the molecule is COCC(O)CN(C)C(=O)c1cccc(F)c1NN.